The number of carbonyl (C=O) groups excluding carboxylic acids is 1. The van der Waals surface area contributed by atoms with Crippen molar-refractivity contribution < 1.29 is 13.2 Å². The zero-order valence-corrected chi connectivity index (χ0v) is 11.7. The Hall–Kier alpha value is -1.91. The Balaban J connectivity index is 2.08. The van der Waals surface area contributed by atoms with Crippen molar-refractivity contribution >= 4 is 15.9 Å². The van der Waals surface area contributed by atoms with Crippen molar-refractivity contribution in [2.45, 2.75) is 17.7 Å². The molecule has 1 fully saturated rings. The highest BCUT2D eigenvalue weighted by Gasteiger charge is 2.22. The van der Waals surface area contributed by atoms with Gasteiger partial charge in [-0.2, -0.15) is 5.26 Å². The average Bonchev–Trinajstić information content (AvgIpc) is 2.99. The molecule has 0 radical (unpaired) electrons. The summed E-state index contributed by atoms with van der Waals surface area (Å²) in [6.45, 7) is 1.08. The zero-order valence-electron chi connectivity index (χ0n) is 10.9. The van der Waals surface area contributed by atoms with Crippen molar-refractivity contribution in [3.05, 3.63) is 29.8 Å². The van der Waals surface area contributed by atoms with Crippen LogP contribution in [0.2, 0.25) is 0 Å². The molecule has 0 spiro atoms. The van der Waals surface area contributed by atoms with Gasteiger partial charge in [0.15, 0.2) is 0 Å². The van der Waals surface area contributed by atoms with Gasteiger partial charge in [-0.3, -0.25) is 4.79 Å². The summed E-state index contributed by atoms with van der Waals surface area (Å²) in [5, 5.41) is 8.91. The van der Waals surface area contributed by atoms with E-state index in [0.717, 1.165) is 12.8 Å². The lowest BCUT2D eigenvalue weighted by atomic mass is 10.2. The highest BCUT2D eigenvalue weighted by molar-refractivity contribution is 7.89. The Morgan fingerprint density at radius 3 is 2.60 bits per heavy atom. The first kappa shape index (κ1) is 14.5. The molecule has 0 atom stereocenters. The number of nitrogens with zero attached hydrogens (tertiary/aromatic N) is 2. The molecule has 1 aliphatic rings. The molecular weight excluding hydrogens is 278 g/mol. The standard InChI is InChI=1S/C13H15N3O3S/c14-9-11-5-1-2-6-12(11)20(18,19)15-10-13(17)16-7-3-4-8-16/h1-2,5-6,15H,3-4,7-8,10H2. The van der Waals surface area contributed by atoms with E-state index in [1.807, 2.05) is 6.07 Å². The summed E-state index contributed by atoms with van der Waals surface area (Å²) in [6, 6.07) is 7.74. The fourth-order valence-corrected chi connectivity index (χ4v) is 3.24. The Kier molecular flexibility index (Phi) is 4.37. The topological polar surface area (TPSA) is 90.3 Å². The van der Waals surface area contributed by atoms with E-state index in [1.54, 1.807) is 11.0 Å². The van der Waals surface area contributed by atoms with Gasteiger partial charge in [-0.25, -0.2) is 13.1 Å². The highest BCUT2D eigenvalue weighted by Crippen LogP contribution is 2.14. The van der Waals surface area contributed by atoms with Crippen LogP contribution in [0.15, 0.2) is 29.2 Å². The number of nitriles is 1. The van der Waals surface area contributed by atoms with Gasteiger partial charge in [-0.05, 0) is 25.0 Å². The Morgan fingerprint density at radius 1 is 1.30 bits per heavy atom. The number of likely N-dealkylation sites (tertiary alicyclic amines) is 1. The van der Waals surface area contributed by atoms with E-state index in [4.69, 9.17) is 5.26 Å². The van der Waals surface area contributed by atoms with Crippen LogP contribution < -0.4 is 4.72 Å². The summed E-state index contributed by atoms with van der Waals surface area (Å²) in [6.07, 6.45) is 1.91. The second-order valence-corrected chi connectivity index (χ2v) is 6.26. The SMILES string of the molecule is N#Cc1ccccc1S(=O)(=O)NCC(=O)N1CCCC1. The molecule has 0 bridgehead atoms. The van der Waals surface area contributed by atoms with Gasteiger partial charge in [0.25, 0.3) is 0 Å². The van der Waals surface area contributed by atoms with Gasteiger partial charge >= 0.3 is 0 Å². The smallest absolute Gasteiger partial charge is 0.242 e. The molecule has 0 aliphatic carbocycles. The average molecular weight is 293 g/mol. The Labute approximate surface area is 118 Å². The van der Waals surface area contributed by atoms with Crippen molar-refractivity contribution in [3.8, 4) is 6.07 Å². The monoisotopic (exact) mass is 293 g/mol. The van der Waals surface area contributed by atoms with Crippen LogP contribution in [0.5, 0.6) is 0 Å². The quantitative estimate of drug-likeness (QED) is 0.873. The van der Waals surface area contributed by atoms with E-state index in [0.29, 0.717) is 13.1 Å². The lowest BCUT2D eigenvalue weighted by Crippen LogP contribution is -2.38. The van der Waals surface area contributed by atoms with Crippen LogP contribution in [0.1, 0.15) is 18.4 Å². The van der Waals surface area contributed by atoms with E-state index >= 15 is 0 Å². The molecule has 2 rings (SSSR count). The van der Waals surface area contributed by atoms with Crippen molar-refractivity contribution in [3.63, 3.8) is 0 Å². The fraction of sp³-hybridized carbons (Fsp3) is 0.385. The molecule has 0 unspecified atom stereocenters. The van der Waals surface area contributed by atoms with Crippen LogP contribution in [-0.4, -0.2) is 38.9 Å². The molecule has 1 aliphatic heterocycles. The molecule has 7 heteroatoms. The van der Waals surface area contributed by atoms with Gasteiger partial charge in [0, 0.05) is 13.1 Å². The second-order valence-electron chi connectivity index (χ2n) is 4.52. The molecule has 106 valence electrons. The molecule has 1 aromatic carbocycles. The normalized spacial score (nSPS) is 15.1. The summed E-state index contributed by atoms with van der Waals surface area (Å²) < 4.78 is 26.5. The molecular formula is C13H15N3O3S. The maximum absolute atomic E-state index is 12.1. The molecule has 0 saturated carbocycles. The van der Waals surface area contributed by atoms with Gasteiger partial charge < -0.3 is 4.90 Å². The van der Waals surface area contributed by atoms with E-state index in [-0.39, 0.29) is 22.9 Å². The first-order valence-corrected chi connectivity index (χ1v) is 7.79. The van der Waals surface area contributed by atoms with E-state index in [1.165, 1.54) is 18.2 Å². The first-order chi connectivity index (χ1) is 9.54. The minimum atomic E-state index is -3.85. The third-order valence-electron chi connectivity index (χ3n) is 3.17. The number of hydrogen-bond acceptors (Lipinski definition) is 4. The van der Waals surface area contributed by atoms with Crippen LogP contribution in [0.4, 0.5) is 0 Å². The third kappa shape index (κ3) is 3.15. The molecule has 1 aromatic rings. The molecule has 1 saturated heterocycles. The summed E-state index contributed by atoms with van der Waals surface area (Å²) in [4.78, 5) is 13.3. The molecule has 6 nitrogen and oxygen atoms in total. The summed E-state index contributed by atoms with van der Waals surface area (Å²) >= 11 is 0. The summed E-state index contributed by atoms with van der Waals surface area (Å²) in [5.41, 5.74) is 0.0635. The van der Waals surface area contributed by atoms with Crippen molar-refractivity contribution in [2.24, 2.45) is 0 Å². The molecule has 0 aromatic heterocycles. The van der Waals surface area contributed by atoms with Crippen molar-refractivity contribution in [1.82, 2.24) is 9.62 Å². The maximum Gasteiger partial charge on any atom is 0.242 e. The minimum absolute atomic E-state index is 0.0635. The largest absolute Gasteiger partial charge is 0.342 e. The predicted octanol–water partition coefficient (Wildman–Crippen LogP) is 0.459. The molecule has 1 N–H and O–H groups in total. The van der Waals surface area contributed by atoms with Crippen LogP contribution in [-0.2, 0) is 14.8 Å². The fourth-order valence-electron chi connectivity index (χ4n) is 2.11. The van der Waals surface area contributed by atoms with E-state index in [2.05, 4.69) is 4.72 Å². The van der Waals surface area contributed by atoms with Gasteiger partial charge in [-0.1, -0.05) is 12.1 Å². The van der Waals surface area contributed by atoms with Crippen LogP contribution in [0.25, 0.3) is 0 Å². The molecule has 1 heterocycles. The van der Waals surface area contributed by atoms with Gasteiger partial charge in [0.1, 0.15) is 6.07 Å². The number of amides is 1. The number of nitrogens with one attached hydrogen (secondary N) is 1. The van der Waals surface area contributed by atoms with Gasteiger partial charge in [0.2, 0.25) is 15.9 Å². The van der Waals surface area contributed by atoms with Crippen LogP contribution >= 0.6 is 0 Å². The first-order valence-electron chi connectivity index (χ1n) is 6.31. The van der Waals surface area contributed by atoms with Crippen LogP contribution in [0, 0.1) is 11.3 Å². The maximum atomic E-state index is 12.1. The zero-order chi connectivity index (χ0) is 14.6. The second kappa shape index (κ2) is 6.03. The summed E-state index contributed by atoms with van der Waals surface area (Å²) in [5.74, 6) is -0.236. The number of benzene rings is 1. The Bertz CT molecular complexity index is 643. The lowest BCUT2D eigenvalue weighted by Gasteiger charge is -2.15. The lowest BCUT2D eigenvalue weighted by molar-refractivity contribution is -0.128. The number of rotatable bonds is 4. The van der Waals surface area contributed by atoms with Gasteiger partial charge in [0.05, 0.1) is 17.0 Å². The minimum Gasteiger partial charge on any atom is -0.342 e. The van der Waals surface area contributed by atoms with E-state index < -0.39 is 10.0 Å². The third-order valence-corrected chi connectivity index (χ3v) is 4.63. The van der Waals surface area contributed by atoms with Crippen molar-refractivity contribution in [2.75, 3.05) is 19.6 Å². The van der Waals surface area contributed by atoms with Crippen molar-refractivity contribution in [1.29, 1.82) is 5.26 Å². The number of sulfonamides is 1. The highest BCUT2D eigenvalue weighted by atomic mass is 32.2. The number of carbonyl (C=O) groups is 1. The number of hydrogen-bond donors (Lipinski definition) is 1. The van der Waals surface area contributed by atoms with E-state index in [9.17, 15) is 13.2 Å². The summed E-state index contributed by atoms with van der Waals surface area (Å²) in [7, 11) is -3.85. The predicted molar refractivity (Wildman–Crippen MR) is 72.2 cm³/mol. The molecule has 20 heavy (non-hydrogen) atoms. The molecule has 1 amide bonds. The Morgan fingerprint density at radius 2 is 1.95 bits per heavy atom. The van der Waals surface area contributed by atoms with Crippen LogP contribution in [0.3, 0.4) is 0 Å². The van der Waals surface area contributed by atoms with Gasteiger partial charge in [-0.15, -0.1) is 0 Å².